The highest BCUT2D eigenvalue weighted by atomic mass is 32.2. The fourth-order valence-electron chi connectivity index (χ4n) is 1.97. The third-order valence-electron chi connectivity index (χ3n) is 3.21. The third-order valence-corrected chi connectivity index (χ3v) is 4.87. The molecule has 0 aliphatic carbocycles. The maximum atomic E-state index is 12.3. The van der Waals surface area contributed by atoms with Crippen LogP contribution in [0.15, 0.2) is 45.7 Å². The van der Waals surface area contributed by atoms with Crippen molar-refractivity contribution in [2.24, 2.45) is 0 Å². The normalized spacial score (nSPS) is 12.3. The van der Waals surface area contributed by atoms with Gasteiger partial charge in [0.2, 0.25) is 0 Å². The van der Waals surface area contributed by atoms with Gasteiger partial charge in [-0.2, -0.15) is 0 Å². The highest BCUT2D eigenvalue weighted by molar-refractivity contribution is 7.90. The summed E-state index contributed by atoms with van der Waals surface area (Å²) in [5.41, 5.74) is 1.05. The summed E-state index contributed by atoms with van der Waals surface area (Å²) in [5.74, 6) is 0.135. The fourth-order valence-corrected chi connectivity index (χ4v) is 3.22. The van der Waals surface area contributed by atoms with Crippen molar-refractivity contribution in [2.75, 3.05) is 0 Å². The fraction of sp³-hybridized carbons (Fsp3) is 0.312. The second kappa shape index (κ2) is 5.48. The Morgan fingerprint density at radius 2 is 1.67 bits per heavy atom. The maximum absolute atomic E-state index is 12.3. The van der Waals surface area contributed by atoms with Crippen molar-refractivity contribution < 1.29 is 17.6 Å². The molecule has 0 aliphatic heterocycles. The lowest BCUT2D eigenvalue weighted by molar-refractivity contribution is 0.109. The Morgan fingerprint density at radius 1 is 1.05 bits per heavy atom. The van der Waals surface area contributed by atoms with Gasteiger partial charge in [-0.1, -0.05) is 32.9 Å². The summed E-state index contributed by atoms with van der Waals surface area (Å²) in [5, 5.41) is 0. The van der Waals surface area contributed by atoms with Crippen LogP contribution in [-0.4, -0.2) is 14.7 Å². The molecule has 0 fully saturated rings. The number of hydrogen-bond donors (Lipinski definition) is 0. The van der Waals surface area contributed by atoms with Crippen LogP contribution in [0.25, 0.3) is 0 Å². The zero-order valence-corrected chi connectivity index (χ0v) is 13.1. The van der Waals surface area contributed by atoms with Gasteiger partial charge in [0.15, 0.2) is 21.9 Å². The Balaban J connectivity index is 2.25. The summed E-state index contributed by atoms with van der Waals surface area (Å²) in [6, 6.07) is 9.84. The topological polar surface area (TPSA) is 64.3 Å². The molecule has 0 unspecified atom stereocenters. The van der Waals surface area contributed by atoms with E-state index < -0.39 is 9.84 Å². The number of sulfone groups is 1. The molecular weight excluding hydrogens is 288 g/mol. The summed E-state index contributed by atoms with van der Waals surface area (Å²) >= 11 is 0. The van der Waals surface area contributed by atoms with E-state index in [4.69, 9.17) is 4.42 Å². The number of hydrogen-bond acceptors (Lipinski definition) is 4. The Bertz CT molecular complexity index is 731. The predicted octanol–water partition coefficient (Wildman–Crippen LogP) is 3.36. The monoisotopic (exact) mass is 306 g/mol. The van der Waals surface area contributed by atoms with Crippen molar-refractivity contribution in [2.45, 2.75) is 36.8 Å². The number of furan rings is 1. The first-order valence-corrected chi connectivity index (χ1v) is 8.25. The Morgan fingerprint density at radius 3 is 2.14 bits per heavy atom. The van der Waals surface area contributed by atoms with E-state index in [1.165, 1.54) is 12.1 Å². The molecule has 2 aromatic rings. The SMILES string of the molecule is CC(C)(C)c1ccc(S(=O)(=O)Cc2ccc(C=O)o2)cc1. The summed E-state index contributed by atoms with van der Waals surface area (Å²) < 4.78 is 29.7. The van der Waals surface area contributed by atoms with Gasteiger partial charge in [0.25, 0.3) is 0 Å². The predicted molar refractivity (Wildman–Crippen MR) is 80.1 cm³/mol. The molecule has 0 atom stereocenters. The van der Waals surface area contributed by atoms with E-state index in [0.717, 1.165) is 5.56 Å². The summed E-state index contributed by atoms with van der Waals surface area (Å²) in [7, 11) is -3.48. The van der Waals surface area contributed by atoms with E-state index in [0.29, 0.717) is 6.29 Å². The van der Waals surface area contributed by atoms with Crippen LogP contribution in [0.5, 0.6) is 0 Å². The van der Waals surface area contributed by atoms with E-state index in [-0.39, 0.29) is 27.6 Å². The quantitative estimate of drug-likeness (QED) is 0.812. The highest BCUT2D eigenvalue weighted by Crippen LogP contribution is 2.25. The second-order valence-electron chi connectivity index (χ2n) is 5.96. The van der Waals surface area contributed by atoms with Crippen LogP contribution in [0.4, 0.5) is 0 Å². The molecule has 0 N–H and O–H groups in total. The molecule has 4 nitrogen and oxygen atoms in total. The second-order valence-corrected chi connectivity index (χ2v) is 7.94. The molecule has 5 heteroatoms. The van der Waals surface area contributed by atoms with Gasteiger partial charge in [0.1, 0.15) is 11.5 Å². The average molecular weight is 306 g/mol. The molecular formula is C16H18O4S. The van der Waals surface area contributed by atoms with Gasteiger partial charge in [-0.3, -0.25) is 4.79 Å². The lowest BCUT2D eigenvalue weighted by Gasteiger charge is -2.19. The lowest BCUT2D eigenvalue weighted by Crippen LogP contribution is -2.11. The first-order chi connectivity index (χ1) is 9.72. The molecule has 1 heterocycles. The van der Waals surface area contributed by atoms with Gasteiger partial charge < -0.3 is 4.42 Å². The minimum absolute atomic E-state index is 0.0256. The average Bonchev–Trinajstić information content (AvgIpc) is 2.85. The maximum Gasteiger partial charge on any atom is 0.185 e. The van der Waals surface area contributed by atoms with Gasteiger partial charge >= 0.3 is 0 Å². The molecule has 0 saturated heterocycles. The van der Waals surface area contributed by atoms with Gasteiger partial charge in [-0.15, -0.1) is 0 Å². The van der Waals surface area contributed by atoms with Crippen molar-refractivity contribution in [1.29, 1.82) is 0 Å². The molecule has 0 spiro atoms. The molecule has 1 aromatic heterocycles. The summed E-state index contributed by atoms with van der Waals surface area (Å²) in [4.78, 5) is 10.8. The van der Waals surface area contributed by atoms with Crippen LogP contribution >= 0.6 is 0 Å². The molecule has 2 rings (SSSR count). The van der Waals surface area contributed by atoms with Gasteiger partial charge in [0, 0.05) is 0 Å². The van der Waals surface area contributed by atoms with E-state index in [1.807, 2.05) is 12.1 Å². The van der Waals surface area contributed by atoms with Crippen molar-refractivity contribution in [1.82, 2.24) is 0 Å². The summed E-state index contributed by atoms with van der Waals surface area (Å²) in [6.07, 6.45) is 0.550. The van der Waals surface area contributed by atoms with Crippen LogP contribution in [0.1, 0.15) is 42.6 Å². The molecule has 0 aliphatic rings. The van der Waals surface area contributed by atoms with Crippen LogP contribution in [0.3, 0.4) is 0 Å². The summed E-state index contributed by atoms with van der Waals surface area (Å²) in [6.45, 7) is 6.21. The molecule has 0 radical (unpaired) electrons. The first kappa shape index (κ1) is 15.5. The van der Waals surface area contributed by atoms with E-state index >= 15 is 0 Å². The minimum atomic E-state index is -3.48. The van der Waals surface area contributed by atoms with Crippen LogP contribution in [-0.2, 0) is 21.0 Å². The lowest BCUT2D eigenvalue weighted by atomic mass is 9.87. The third kappa shape index (κ3) is 3.61. The number of carbonyl (C=O) groups excluding carboxylic acids is 1. The molecule has 21 heavy (non-hydrogen) atoms. The van der Waals surface area contributed by atoms with Crippen LogP contribution < -0.4 is 0 Å². The largest absolute Gasteiger partial charge is 0.457 e. The van der Waals surface area contributed by atoms with Crippen molar-refractivity contribution >= 4 is 16.1 Å². The van der Waals surface area contributed by atoms with E-state index in [9.17, 15) is 13.2 Å². The Hall–Kier alpha value is -1.88. The van der Waals surface area contributed by atoms with Crippen LogP contribution in [0.2, 0.25) is 0 Å². The number of benzene rings is 1. The number of aldehydes is 1. The van der Waals surface area contributed by atoms with Crippen LogP contribution in [0, 0.1) is 0 Å². The van der Waals surface area contributed by atoms with Gasteiger partial charge in [-0.05, 0) is 35.2 Å². The van der Waals surface area contributed by atoms with Crippen molar-refractivity contribution in [3.8, 4) is 0 Å². The number of rotatable bonds is 4. The van der Waals surface area contributed by atoms with Gasteiger partial charge in [0.05, 0.1) is 4.90 Å². The molecule has 0 saturated carbocycles. The Kier molecular flexibility index (Phi) is 4.05. The molecule has 1 aromatic carbocycles. The van der Waals surface area contributed by atoms with Crippen molar-refractivity contribution in [3.63, 3.8) is 0 Å². The number of carbonyl (C=O) groups is 1. The van der Waals surface area contributed by atoms with E-state index in [2.05, 4.69) is 20.8 Å². The molecule has 112 valence electrons. The smallest absolute Gasteiger partial charge is 0.185 e. The molecule has 0 bridgehead atoms. The Labute approximate surface area is 124 Å². The minimum Gasteiger partial charge on any atom is -0.457 e. The highest BCUT2D eigenvalue weighted by Gasteiger charge is 2.19. The molecule has 0 amide bonds. The van der Waals surface area contributed by atoms with E-state index in [1.54, 1.807) is 12.1 Å². The zero-order chi connectivity index (χ0) is 15.7. The zero-order valence-electron chi connectivity index (χ0n) is 12.3. The van der Waals surface area contributed by atoms with Gasteiger partial charge in [-0.25, -0.2) is 8.42 Å². The standard InChI is InChI=1S/C16H18O4S/c1-16(2,3)12-4-8-15(9-5-12)21(18,19)11-14-7-6-13(10-17)20-14/h4-10H,11H2,1-3H3. The first-order valence-electron chi connectivity index (χ1n) is 6.59. The van der Waals surface area contributed by atoms with Crippen molar-refractivity contribution in [3.05, 3.63) is 53.5 Å².